The first-order valence-corrected chi connectivity index (χ1v) is 13.7. The highest BCUT2D eigenvalue weighted by atomic mass is 14.9. The Kier molecular flexibility index (Phi) is 5.75. The molecule has 1 N–H and O–H groups in total. The summed E-state index contributed by atoms with van der Waals surface area (Å²) < 4.78 is 0. The molecule has 1 nitrogen and oxygen atoms in total. The van der Waals surface area contributed by atoms with Gasteiger partial charge in [-0.2, -0.15) is 0 Å². The molecular weight excluding hydrogens is 434 g/mol. The Labute approximate surface area is 216 Å². The first-order chi connectivity index (χ1) is 17.4. The molecule has 0 aliphatic heterocycles. The number of anilines is 2. The summed E-state index contributed by atoms with van der Waals surface area (Å²) in [5, 5.41) is 3.84. The van der Waals surface area contributed by atoms with Gasteiger partial charge in [-0.15, -0.1) is 0 Å². The van der Waals surface area contributed by atoms with Crippen molar-refractivity contribution in [1.82, 2.24) is 0 Å². The second kappa shape index (κ2) is 8.96. The van der Waals surface area contributed by atoms with Crippen molar-refractivity contribution >= 4 is 11.4 Å². The predicted molar refractivity (Wildman–Crippen MR) is 154 cm³/mol. The van der Waals surface area contributed by atoms with Gasteiger partial charge in [0.2, 0.25) is 0 Å². The highest BCUT2D eigenvalue weighted by Crippen LogP contribution is 2.53. The van der Waals surface area contributed by atoms with E-state index < -0.39 is 0 Å². The van der Waals surface area contributed by atoms with E-state index in [-0.39, 0.29) is 5.41 Å². The second-order valence-corrected chi connectivity index (χ2v) is 11.5. The maximum atomic E-state index is 3.84. The van der Waals surface area contributed by atoms with Gasteiger partial charge in [-0.3, -0.25) is 0 Å². The standard InChI is InChI=1S/C35H37N/c1-23-18-19-27(25-12-7-5-8-13-25)21-32(23)36-33-22-29-31(20-24(33)2)35(3,4)30-17-11-16-28(34(29)30)26-14-9-6-10-15-26/h5,7-8,11-13,16-22,26,36H,6,9-10,14-15H2,1-4H3. The van der Waals surface area contributed by atoms with Crippen LogP contribution in [0.1, 0.15) is 79.7 Å². The molecule has 4 aromatic carbocycles. The average molecular weight is 472 g/mol. The number of rotatable bonds is 4. The lowest BCUT2D eigenvalue weighted by Crippen LogP contribution is -2.15. The molecule has 0 atom stereocenters. The first-order valence-electron chi connectivity index (χ1n) is 13.7. The molecule has 182 valence electrons. The van der Waals surface area contributed by atoms with Crippen molar-refractivity contribution in [2.24, 2.45) is 0 Å². The van der Waals surface area contributed by atoms with Gasteiger partial charge < -0.3 is 5.32 Å². The number of nitrogens with one attached hydrogen (secondary N) is 1. The highest BCUT2D eigenvalue weighted by Gasteiger charge is 2.38. The molecule has 2 aliphatic carbocycles. The molecule has 0 radical (unpaired) electrons. The number of hydrogen-bond acceptors (Lipinski definition) is 1. The predicted octanol–water partition coefficient (Wildman–Crippen LogP) is 10.1. The SMILES string of the molecule is Cc1ccc(-c2ccccc2)cc1Nc1cc2c(cc1C)C(C)(C)c1cccc(C3CCCCC3)c1-2. The molecular formula is C35H37N. The minimum atomic E-state index is 0.0295. The zero-order valence-electron chi connectivity index (χ0n) is 22.1. The zero-order valence-corrected chi connectivity index (χ0v) is 22.1. The number of hydrogen-bond donors (Lipinski definition) is 1. The average Bonchev–Trinajstić information content (AvgIpc) is 3.12. The summed E-state index contributed by atoms with van der Waals surface area (Å²) in [4.78, 5) is 0. The number of benzene rings is 4. The van der Waals surface area contributed by atoms with Gasteiger partial charge in [0.25, 0.3) is 0 Å². The molecule has 4 aromatic rings. The van der Waals surface area contributed by atoms with Gasteiger partial charge in [-0.25, -0.2) is 0 Å². The Balaban J connectivity index is 1.44. The summed E-state index contributed by atoms with van der Waals surface area (Å²) >= 11 is 0. The van der Waals surface area contributed by atoms with E-state index in [2.05, 4.69) is 112 Å². The third kappa shape index (κ3) is 3.86. The summed E-state index contributed by atoms with van der Waals surface area (Å²) in [5.41, 5.74) is 15.0. The van der Waals surface area contributed by atoms with Crippen LogP contribution in [-0.2, 0) is 5.41 Å². The fourth-order valence-electron chi connectivity index (χ4n) is 6.57. The Morgan fingerprint density at radius 2 is 1.42 bits per heavy atom. The third-order valence-electron chi connectivity index (χ3n) is 8.74. The molecule has 0 bridgehead atoms. The summed E-state index contributed by atoms with van der Waals surface area (Å²) in [6.07, 6.45) is 6.77. The van der Waals surface area contributed by atoms with Crippen LogP contribution in [0.15, 0.2) is 78.9 Å². The topological polar surface area (TPSA) is 12.0 Å². The summed E-state index contributed by atoms with van der Waals surface area (Å²) in [6, 6.07) is 29.4. The summed E-state index contributed by atoms with van der Waals surface area (Å²) in [7, 11) is 0. The van der Waals surface area contributed by atoms with Crippen molar-refractivity contribution in [3.63, 3.8) is 0 Å². The number of aryl methyl sites for hydroxylation is 2. The van der Waals surface area contributed by atoms with Crippen LogP contribution >= 0.6 is 0 Å². The summed E-state index contributed by atoms with van der Waals surface area (Å²) in [6.45, 7) is 9.25. The maximum absolute atomic E-state index is 3.84. The van der Waals surface area contributed by atoms with Crippen LogP contribution in [-0.4, -0.2) is 0 Å². The molecule has 0 spiro atoms. The molecule has 0 unspecified atom stereocenters. The molecule has 2 aliphatic rings. The Hall–Kier alpha value is -3.32. The van der Waals surface area contributed by atoms with E-state index in [9.17, 15) is 0 Å². The molecule has 36 heavy (non-hydrogen) atoms. The van der Waals surface area contributed by atoms with Gasteiger partial charge in [0, 0.05) is 16.8 Å². The van der Waals surface area contributed by atoms with Crippen LogP contribution < -0.4 is 5.32 Å². The fourth-order valence-corrected chi connectivity index (χ4v) is 6.57. The minimum Gasteiger partial charge on any atom is -0.355 e. The van der Waals surface area contributed by atoms with Crippen molar-refractivity contribution in [1.29, 1.82) is 0 Å². The van der Waals surface area contributed by atoms with Crippen LogP contribution in [0, 0.1) is 13.8 Å². The van der Waals surface area contributed by atoms with Gasteiger partial charge in [0.05, 0.1) is 0 Å². The van der Waals surface area contributed by atoms with Crippen molar-refractivity contribution in [3.05, 3.63) is 107 Å². The molecule has 6 rings (SSSR count). The van der Waals surface area contributed by atoms with Gasteiger partial charge in [-0.1, -0.05) is 99.8 Å². The fraction of sp³-hybridized carbons (Fsp3) is 0.314. The molecule has 0 heterocycles. The van der Waals surface area contributed by atoms with E-state index in [0.717, 1.165) is 0 Å². The van der Waals surface area contributed by atoms with Gasteiger partial charge in [0.15, 0.2) is 0 Å². The molecule has 0 saturated heterocycles. The van der Waals surface area contributed by atoms with E-state index in [0.29, 0.717) is 5.92 Å². The lowest BCUT2D eigenvalue weighted by Gasteiger charge is -2.26. The molecule has 1 saturated carbocycles. The first kappa shape index (κ1) is 23.1. The lowest BCUT2D eigenvalue weighted by molar-refractivity contribution is 0.444. The maximum Gasteiger partial charge on any atom is 0.0420 e. The largest absolute Gasteiger partial charge is 0.355 e. The van der Waals surface area contributed by atoms with E-state index >= 15 is 0 Å². The van der Waals surface area contributed by atoms with Crippen molar-refractivity contribution < 1.29 is 0 Å². The van der Waals surface area contributed by atoms with E-state index in [1.807, 2.05) is 0 Å². The van der Waals surface area contributed by atoms with E-state index in [1.54, 1.807) is 5.56 Å². The molecule has 0 aromatic heterocycles. The zero-order chi connectivity index (χ0) is 24.9. The molecule has 1 heteroatoms. The lowest BCUT2D eigenvalue weighted by atomic mass is 9.78. The number of fused-ring (bicyclic) bond motifs is 3. The van der Waals surface area contributed by atoms with Crippen LogP contribution in [0.5, 0.6) is 0 Å². The van der Waals surface area contributed by atoms with Crippen LogP contribution in [0.2, 0.25) is 0 Å². The monoisotopic (exact) mass is 471 g/mol. The van der Waals surface area contributed by atoms with Gasteiger partial charge >= 0.3 is 0 Å². The Bertz CT molecular complexity index is 1420. The van der Waals surface area contributed by atoms with Gasteiger partial charge in [-0.05, 0) is 94.8 Å². The van der Waals surface area contributed by atoms with Crippen molar-refractivity contribution in [3.8, 4) is 22.3 Å². The molecule has 0 amide bonds. The van der Waals surface area contributed by atoms with Crippen LogP contribution in [0.4, 0.5) is 11.4 Å². The van der Waals surface area contributed by atoms with Crippen LogP contribution in [0.25, 0.3) is 22.3 Å². The molecule has 1 fully saturated rings. The van der Waals surface area contributed by atoms with Crippen LogP contribution in [0.3, 0.4) is 0 Å². The van der Waals surface area contributed by atoms with Crippen molar-refractivity contribution in [2.45, 2.75) is 71.1 Å². The Morgan fingerprint density at radius 1 is 0.667 bits per heavy atom. The second-order valence-electron chi connectivity index (χ2n) is 11.5. The van der Waals surface area contributed by atoms with E-state index in [1.165, 1.54) is 88.0 Å². The van der Waals surface area contributed by atoms with E-state index in [4.69, 9.17) is 0 Å². The highest BCUT2D eigenvalue weighted by molar-refractivity contribution is 5.87. The van der Waals surface area contributed by atoms with Crippen molar-refractivity contribution in [2.75, 3.05) is 5.32 Å². The smallest absolute Gasteiger partial charge is 0.0420 e. The minimum absolute atomic E-state index is 0.0295. The Morgan fingerprint density at radius 3 is 2.19 bits per heavy atom. The third-order valence-corrected chi connectivity index (χ3v) is 8.74. The summed E-state index contributed by atoms with van der Waals surface area (Å²) in [5.74, 6) is 0.693. The normalized spacial score (nSPS) is 16.4. The quantitative estimate of drug-likeness (QED) is 0.312. The van der Waals surface area contributed by atoms with Gasteiger partial charge in [0.1, 0.15) is 0 Å².